The maximum Gasteiger partial charge on any atom is 0.237 e. The van der Waals surface area contributed by atoms with E-state index in [1.54, 1.807) is 19.2 Å². The van der Waals surface area contributed by atoms with E-state index < -0.39 is 0 Å². The zero-order valence-corrected chi connectivity index (χ0v) is 17.3. The molecule has 2 atom stereocenters. The quantitative estimate of drug-likeness (QED) is 0.613. The SMILES string of the molecule is COCCNC(=O)[C@@H]1C[C@H](NCc2ccc(F)cc2)CN1Cc1ccc(Cl)cc1. The van der Waals surface area contributed by atoms with Crippen molar-refractivity contribution in [1.29, 1.82) is 0 Å². The molecule has 1 aliphatic rings. The number of carbonyl (C=O) groups excluding carboxylic acids is 1. The molecule has 0 saturated carbocycles. The van der Waals surface area contributed by atoms with Gasteiger partial charge in [0.15, 0.2) is 0 Å². The summed E-state index contributed by atoms with van der Waals surface area (Å²) < 4.78 is 18.1. The smallest absolute Gasteiger partial charge is 0.237 e. The van der Waals surface area contributed by atoms with Crippen molar-refractivity contribution in [2.75, 3.05) is 26.8 Å². The fraction of sp³-hybridized carbons (Fsp3) is 0.409. The molecular weight excluding hydrogens is 393 g/mol. The minimum Gasteiger partial charge on any atom is -0.383 e. The molecule has 1 aliphatic heterocycles. The highest BCUT2D eigenvalue weighted by Crippen LogP contribution is 2.22. The summed E-state index contributed by atoms with van der Waals surface area (Å²) in [6, 6.07) is 14.1. The van der Waals surface area contributed by atoms with Crippen LogP contribution in [0, 0.1) is 5.82 Å². The van der Waals surface area contributed by atoms with Gasteiger partial charge in [0.2, 0.25) is 5.91 Å². The van der Waals surface area contributed by atoms with Crippen LogP contribution in [0.3, 0.4) is 0 Å². The van der Waals surface area contributed by atoms with Crippen molar-refractivity contribution in [3.8, 4) is 0 Å². The van der Waals surface area contributed by atoms with Crippen molar-refractivity contribution in [1.82, 2.24) is 15.5 Å². The zero-order valence-electron chi connectivity index (χ0n) is 16.5. The Kier molecular flexibility index (Phi) is 8.00. The third kappa shape index (κ3) is 6.51. The molecule has 0 unspecified atom stereocenters. The molecule has 156 valence electrons. The predicted molar refractivity (Wildman–Crippen MR) is 112 cm³/mol. The van der Waals surface area contributed by atoms with E-state index >= 15 is 0 Å². The van der Waals surface area contributed by atoms with E-state index in [4.69, 9.17) is 16.3 Å². The molecule has 1 saturated heterocycles. The van der Waals surface area contributed by atoms with Crippen LogP contribution in [0.2, 0.25) is 5.02 Å². The number of halogens is 2. The topological polar surface area (TPSA) is 53.6 Å². The van der Waals surface area contributed by atoms with Gasteiger partial charge in [0.05, 0.1) is 12.6 Å². The maximum absolute atomic E-state index is 13.1. The first-order valence-corrected chi connectivity index (χ1v) is 10.2. The van der Waals surface area contributed by atoms with E-state index in [2.05, 4.69) is 15.5 Å². The first kappa shape index (κ1) is 21.7. The number of rotatable bonds is 9. The van der Waals surface area contributed by atoms with E-state index in [9.17, 15) is 9.18 Å². The van der Waals surface area contributed by atoms with Gasteiger partial charge in [-0.05, 0) is 41.8 Å². The van der Waals surface area contributed by atoms with Crippen LogP contribution in [0.15, 0.2) is 48.5 Å². The molecule has 29 heavy (non-hydrogen) atoms. The summed E-state index contributed by atoms with van der Waals surface area (Å²) in [4.78, 5) is 14.9. The summed E-state index contributed by atoms with van der Waals surface area (Å²) in [6.07, 6.45) is 0.716. The van der Waals surface area contributed by atoms with E-state index in [1.165, 1.54) is 12.1 Å². The Morgan fingerprint density at radius 1 is 1.17 bits per heavy atom. The third-order valence-corrected chi connectivity index (χ3v) is 5.37. The lowest BCUT2D eigenvalue weighted by Gasteiger charge is -2.23. The molecule has 2 aromatic carbocycles. The van der Waals surface area contributed by atoms with E-state index in [-0.39, 0.29) is 23.8 Å². The Morgan fingerprint density at radius 3 is 2.55 bits per heavy atom. The lowest BCUT2D eigenvalue weighted by molar-refractivity contribution is -0.125. The van der Waals surface area contributed by atoms with Gasteiger partial charge in [0, 0.05) is 44.4 Å². The maximum atomic E-state index is 13.1. The fourth-order valence-electron chi connectivity index (χ4n) is 3.58. The lowest BCUT2D eigenvalue weighted by atomic mass is 10.1. The number of carbonyl (C=O) groups is 1. The molecule has 0 bridgehead atoms. The Hall–Kier alpha value is -1.99. The Labute approximate surface area is 176 Å². The molecule has 2 N–H and O–H groups in total. The van der Waals surface area contributed by atoms with E-state index in [0.717, 1.165) is 17.7 Å². The summed E-state index contributed by atoms with van der Waals surface area (Å²) in [5.41, 5.74) is 2.13. The molecular formula is C22H27ClFN3O2. The lowest BCUT2D eigenvalue weighted by Crippen LogP contribution is -2.43. The van der Waals surface area contributed by atoms with Crippen LogP contribution in [0.5, 0.6) is 0 Å². The molecule has 1 amide bonds. The van der Waals surface area contributed by atoms with Crippen molar-refractivity contribution in [2.45, 2.75) is 31.6 Å². The highest BCUT2D eigenvalue weighted by molar-refractivity contribution is 6.30. The largest absolute Gasteiger partial charge is 0.383 e. The van der Waals surface area contributed by atoms with Gasteiger partial charge in [-0.1, -0.05) is 35.9 Å². The summed E-state index contributed by atoms with van der Waals surface area (Å²) >= 11 is 5.99. The molecule has 5 nitrogen and oxygen atoms in total. The second-order valence-electron chi connectivity index (χ2n) is 7.30. The first-order valence-electron chi connectivity index (χ1n) is 9.78. The monoisotopic (exact) mass is 419 g/mol. The van der Waals surface area contributed by atoms with Gasteiger partial charge in [-0.25, -0.2) is 4.39 Å². The number of hydrogen-bond acceptors (Lipinski definition) is 4. The third-order valence-electron chi connectivity index (χ3n) is 5.12. The van der Waals surface area contributed by atoms with E-state index in [1.807, 2.05) is 24.3 Å². The van der Waals surface area contributed by atoms with Gasteiger partial charge in [-0.15, -0.1) is 0 Å². The number of methoxy groups -OCH3 is 1. The number of benzene rings is 2. The van der Waals surface area contributed by atoms with Crippen LogP contribution < -0.4 is 10.6 Å². The Morgan fingerprint density at radius 2 is 1.86 bits per heavy atom. The molecule has 1 fully saturated rings. The first-order chi connectivity index (χ1) is 14.0. The normalized spacial score (nSPS) is 19.4. The Balaban J connectivity index is 1.62. The predicted octanol–water partition coefficient (Wildman–Crippen LogP) is 2.97. The number of amides is 1. The van der Waals surface area contributed by atoms with Gasteiger partial charge < -0.3 is 15.4 Å². The highest BCUT2D eigenvalue weighted by atomic mass is 35.5. The average molecular weight is 420 g/mol. The van der Waals surface area contributed by atoms with Crippen molar-refractivity contribution in [3.63, 3.8) is 0 Å². The molecule has 3 rings (SSSR count). The number of nitrogens with zero attached hydrogens (tertiary/aromatic N) is 1. The summed E-state index contributed by atoms with van der Waals surface area (Å²) in [6.45, 7) is 3.05. The van der Waals surface area contributed by atoms with Gasteiger partial charge in [-0.2, -0.15) is 0 Å². The molecule has 0 aliphatic carbocycles. The summed E-state index contributed by atoms with van der Waals surface area (Å²) in [7, 11) is 1.62. The number of ether oxygens (including phenoxy) is 1. The minimum atomic E-state index is -0.239. The highest BCUT2D eigenvalue weighted by Gasteiger charge is 2.36. The van der Waals surface area contributed by atoms with Crippen LogP contribution in [0.4, 0.5) is 4.39 Å². The second kappa shape index (κ2) is 10.7. The average Bonchev–Trinajstić information content (AvgIpc) is 3.12. The standard InChI is InChI=1S/C22H27ClFN3O2/c1-29-11-10-25-22(28)21-12-20(26-13-16-4-8-19(24)9-5-16)15-27(21)14-17-2-6-18(23)7-3-17/h2-9,20-21,26H,10-15H2,1H3,(H,25,28)/t20-,21-/m0/s1. The van der Waals surface area contributed by atoms with Crippen LogP contribution >= 0.6 is 11.6 Å². The number of nitrogens with one attached hydrogen (secondary N) is 2. The zero-order chi connectivity index (χ0) is 20.6. The summed E-state index contributed by atoms with van der Waals surface area (Å²) in [5, 5.41) is 7.16. The van der Waals surface area contributed by atoms with Gasteiger partial charge in [-0.3, -0.25) is 9.69 Å². The van der Waals surface area contributed by atoms with E-state index in [0.29, 0.717) is 37.7 Å². The molecule has 7 heteroatoms. The van der Waals surface area contributed by atoms with Gasteiger partial charge >= 0.3 is 0 Å². The minimum absolute atomic E-state index is 0.0158. The van der Waals surface area contributed by atoms with Crippen LogP contribution in [0.1, 0.15) is 17.5 Å². The second-order valence-corrected chi connectivity index (χ2v) is 7.73. The summed E-state index contributed by atoms with van der Waals surface area (Å²) in [5.74, 6) is -0.223. The molecule has 0 spiro atoms. The van der Waals surface area contributed by atoms with Crippen LogP contribution in [-0.4, -0.2) is 49.7 Å². The van der Waals surface area contributed by atoms with Crippen LogP contribution in [0.25, 0.3) is 0 Å². The van der Waals surface area contributed by atoms with Crippen molar-refractivity contribution in [3.05, 3.63) is 70.5 Å². The Bertz CT molecular complexity index is 786. The van der Waals surface area contributed by atoms with Crippen LogP contribution in [-0.2, 0) is 22.6 Å². The van der Waals surface area contributed by atoms with Crippen molar-refractivity contribution >= 4 is 17.5 Å². The van der Waals surface area contributed by atoms with Crippen molar-refractivity contribution < 1.29 is 13.9 Å². The molecule has 1 heterocycles. The van der Waals surface area contributed by atoms with Gasteiger partial charge in [0.25, 0.3) is 0 Å². The fourth-order valence-corrected chi connectivity index (χ4v) is 3.71. The molecule has 2 aromatic rings. The number of likely N-dealkylation sites (tertiary alicyclic amines) is 1. The molecule has 0 aromatic heterocycles. The van der Waals surface area contributed by atoms with Gasteiger partial charge in [0.1, 0.15) is 5.82 Å². The van der Waals surface area contributed by atoms with Crippen molar-refractivity contribution in [2.24, 2.45) is 0 Å². The molecule has 0 radical (unpaired) electrons. The number of hydrogen-bond donors (Lipinski definition) is 2.